The molecule has 0 aromatic heterocycles. The van der Waals surface area contributed by atoms with Crippen LogP contribution in [0.15, 0.2) is 78.4 Å². The molecule has 1 fully saturated rings. The lowest BCUT2D eigenvalue weighted by molar-refractivity contribution is -0.122. The molecule has 1 heterocycles. The lowest BCUT2D eigenvalue weighted by Gasteiger charge is -2.26. The molecular weight excluding hydrogens is 440 g/mol. The van der Waals surface area contributed by atoms with Gasteiger partial charge in [-0.3, -0.25) is 14.9 Å². The number of phenols is 1. The molecule has 1 saturated heterocycles. The topological polar surface area (TPSA) is 133 Å². The number of amides is 4. The van der Waals surface area contributed by atoms with Gasteiger partial charge in [0.05, 0.1) is 5.69 Å². The number of ether oxygens (including phenoxy) is 1. The van der Waals surface area contributed by atoms with Crippen LogP contribution in [-0.4, -0.2) is 34.0 Å². The number of carboxylic acids is 1. The molecule has 170 valence electrons. The van der Waals surface area contributed by atoms with Gasteiger partial charge in [0.15, 0.2) is 0 Å². The number of hydrogen-bond acceptors (Lipinski definition) is 6. The molecule has 0 radical (unpaired) electrons. The van der Waals surface area contributed by atoms with Crippen molar-refractivity contribution in [2.75, 3.05) is 4.90 Å². The Morgan fingerprint density at radius 2 is 1.68 bits per heavy atom. The maximum atomic E-state index is 13.0. The largest absolute Gasteiger partial charge is 0.508 e. The molecule has 0 unspecified atom stereocenters. The Bertz CT molecular complexity index is 1310. The first kappa shape index (κ1) is 22.3. The maximum absolute atomic E-state index is 13.0. The van der Waals surface area contributed by atoms with E-state index < -0.39 is 23.8 Å². The second-order valence-corrected chi connectivity index (χ2v) is 7.31. The maximum Gasteiger partial charge on any atom is 0.339 e. The van der Waals surface area contributed by atoms with Crippen LogP contribution in [-0.2, 0) is 16.2 Å². The fraction of sp³-hybridized carbons (Fsp3) is 0.0400. The number of carbonyl (C=O) groups excluding carboxylic acids is 3. The van der Waals surface area contributed by atoms with Crippen molar-refractivity contribution in [3.8, 4) is 11.5 Å². The predicted octanol–water partition coefficient (Wildman–Crippen LogP) is 3.34. The molecule has 9 heteroatoms. The van der Waals surface area contributed by atoms with Gasteiger partial charge in [0.1, 0.15) is 29.2 Å². The first-order chi connectivity index (χ1) is 16.3. The average Bonchev–Trinajstić information content (AvgIpc) is 2.82. The highest BCUT2D eigenvalue weighted by molar-refractivity contribution is 6.39. The summed E-state index contributed by atoms with van der Waals surface area (Å²) in [5.74, 6) is -2.98. The normalized spacial score (nSPS) is 14.8. The van der Waals surface area contributed by atoms with Crippen LogP contribution in [0.2, 0.25) is 0 Å². The summed E-state index contributed by atoms with van der Waals surface area (Å²) in [4.78, 5) is 50.1. The van der Waals surface area contributed by atoms with Gasteiger partial charge in [-0.2, -0.15) is 0 Å². The third-order valence-electron chi connectivity index (χ3n) is 4.99. The van der Waals surface area contributed by atoms with Crippen LogP contribution in [0.5, 0.6) is 11.5 Å². The zero-order valence-corrected chi connectivity index (χ0v) is 17.6. The van der Waals surface area contributed by atoms with Crippen molar-refractivity contribution < 1.29 is 34.1 Å². The first-order valence-electron chi connectivity index (χ1n) is 10.1. The molecule has 0 bridgehead atoms. The van der Waals surface area contributed by atoms with Crippen LogP contribution in [0.3, 0.4) is 0 Å². The Hall–Kier alpha value is -4.92. The Labute approximate surface area is 193 Å². The summed E-state index contributed by atoms with van der Waals surface area (Å²) in [6, 6.07) is 17.8. The van der Waals surface area contributed by atoms with E-state index in [0.29, 0.717) is 0 Å². The second-order valence-electron chi connectivity index (χ2n) is 7.31. The quantitative estimate of drug-likeness (QED) is 0.381. The van der Waals surface area contributed by atoms with E-state index in [4.69, 9.17) is 4.74 Å². The number of nitrogens with zero attached hydrogens (tertiary/aromatic N) is 1. The van der Waals surface area contributed by atoms with Crippen molar-refractivity contribution in [3.05, 3.63) is 95.1 Å². The molecule has 0 saturated carbocycles. The molecule has 4 rings (SSSR count). The predicted molar refractivity (Wildman–Crippen MR) is 121 cm³/mol. The molecule has 1 aliphatic heterocycles. The van der Waals surface area contributed by atoms with Gasteiger partial charge in [-0.15, -0.1) is 0 Å². The summed E-state index contributed by atoms with van der Waals surface area (Å²) in [5, 5.41) is 21.2. The summed E-state index contributed by atoms with van der Waals surface area (Å²) in [5.41, 5.74) is 0.744. The lowest BCUT2D eigenvalue weighted by atomic mass is 10.0. The Morgan fingerprint density at radius 1 is 0.971 bits per heavy atom. The number of benzene rings is 3. The van der Waals surface area contributed by atoms with E-state index in [2.05, 4.69) is 5.32 Å². The van der Waals surface area contributed by atoms with Crippen LogP contribution in [0.25, 0.3) is 6.08 Å². The number of imide groups is 2. The molecule has 0 atom stereocenters. The molecule has 1 aliphatic rings. The van der Waals surface area contributed by atoms with Crippen molar-refractivity contribution >= 4 is 35.6 Å². The number of aromatic hydroxyl groups is 1. The molecular formula is C25H18N2O7. The average molecular weight is 458 g/mol. The van der Waals surface area contributed by atoms with Gasteiger partial charge in [-0.25, -0.2) is 14.5 Å². The van der Waals surface area contributed by atoms with Gasteiger partial charge < -0.3 is 14.9 Å². The van der Waals surface area contributed by atoms with Crippen molar-refractivity contribution in [2.24, 2.45) is 0 Å². The number of urea groups is 1. The molecule has 3 aromatic carbocycles. The van der Waals surface area contributed by atoms with Crippen LogP contribution < -0.4 is 15.0 Å². The summed E-state index contributed by atoms with van der Waals surface area (Å²) in [6.45, 7) is 0.159. The fourth-order valence-electron chi connectivity index (χ4n) is 3.33. The number of carboxylic acid groups (broad SMARTS) is 1. The number of hydrogen-bond donors (Lipinski definition) is 3. The number of phenolic OH excluding ortho intramolecular Hbond substituents is 1. The van der Waals surface area contributed by atoms with E-state index >= 15 is 0 Å². The molecule has 3 aromatic rings. The summed E-state index contributed by atoms with van der Waals surface area (Å²) in [6.07, 6.45) is 1.20. The monoisotopic (exact) mass is 458 g/mol. The molecule has 9 nitrogen and oxygen atoms in total. The molecule has 3 N–H and O–H groups in total. The minimum atomic E-state index is -1.25. The van der Waals surface area contributed by atoms with E-state index in [1.54, 1.807) is 0 Å². The van der Waals surface area contributed by atoms with Crippen molar-refractivity contribution in [3.63, 3.8) is 0 Å². The SMILES string of the molecule is O=C1NC(=O)N(c2ccc(O)cc2)C(=O)/C1=C\c1ccc(OCc2ccccc2)c(C(=O)O)c1. The van der Waals surface area contributed by atoms with E-state index in [1.165, 1.54) is 48.5 Å². The fourth-order valence-corrected chi connectivity index (χ4v) is 3.33. The highest BCUT2D eigenvalue weighted by Crippen LogP contribution is 2.26. The van der Waals surface area contributed by atoms with E-state index in [-0.39, 0.29) is 40.5 Å². The number of rotatable bonds is 6. The first-order valence-corrected chi connectivity index (χ1v) is 10.1. The number of aromatic carboxylic acids is 1. The zero-order valence-electron chi connectivity index (χ0n) is 17.6. The molecule has 34 heavy (non-hydrogen) atoms. The van der Waals surface area contributed by atoms with Crippen molar-refractivity contribution in [1.82, 2.24) is 5.32 Å². The third kappa shape index (κ3) is 4.63. The van der Waals surface area contributed by atoms with Gasteiger partial charge in [0.2, 0.25) is 0 Å². The minimum Gasteiger partial charge on any atom is -0.508 e. The van der Waals surface area contributed by atoms with Gasteiger partial charge in [-0.1, -0.05) is 36.4 Å². The number of anilines is 1. The van der Waals surface area contributed by atoms with Gasteiger partial charge in [0.25, 0.3) is 11.8 Å². The smallest absolute Gasteiger partial charge is 0.339 e. The van der Waals surface area contributed by atoms with E-state index in [0.717, 1.165) is 10.5 Å². The van der Waals surface area contributed by atoms with Crippen LogP contribution in [0, 0.1) is 0 Å². The molecule has 0 spiro atoms. The minimum absolute atomic E-state index is 0.0590. The van der Waals surface area contributed by atoms with Gasteiger partial charge in [0, 0.05) is 0 Å². The molecule has 0 aliphatic carbocycles. The number of carbonyl (C=O) groups is 4. The number of nitrogens with one attached hydrogen (secondary N) is 1. The second kappa shape index (κ2) is 9.29. The Balaban J connectivity index is 1.63. The lowest BCUT2D eigenvalue weighted by Crippen LogP contribution is -2.54. The number of barbiturate groups is 1. The van der Waals surface area contributed by atoms with Gasteiger partial charge in [-0.05, 0) is 53.6 Å². The van der Waals surface area contributed by atoms with Crippen molar-refractivity contribution in [2.45, 2.75) is 6.61 Å². The third-order valence-corrected chi connectivity index (χ3v) is 4.99. The van der Waals surface area contributed by atoms with Crippen molar-refractivity contribution in [1.29, 1.82) is 0 Å². The summed E-state index contributed by atoms with van der Waals surface area (Å²) in [7, 11) is 0. The van der Waals surface area contributed by atoms with Crippen LogP contribution >= 0.6 is 0 Å². The van der Waals surface area contributed by atoms with Crippen LogP contribution in [0.1, 0.15) is 21.5 Å². The zero-order chi connectivity index (χ0) is 24.2. The standard InChI is InChI=1S/C25H18N2O7/c28-18-9-7-17(8-10-18)27-23(30)20(22(29)26-25(27)33)13-16-6-11-21(19(12-16)24(31)32)34-14-15-4-2-1-3-5-15/h1-13,28H,14H2,(H,31,32)(H,26,29,33)/b20-13-. The summed E-state index contributed by atoms with van der Waals surface area (Å²) < 4.78 is 5.65. The highest BCUT2D eigenvalue weighted by Gasteiger charge is 2.36. The summed E-state index contributed by atoms with van der Waals surface area (Å²) >= 11 is 0. The van der Waals surface area contributed by atoms with Gasteiger partial charge >= 0.3 is 12.0 Å². The van der Waals surface area contributed by atoms with E-state index in [1.807, 2.05) is 30.3 Å². The van der Waals surface area contributed by atoms with E-state index in [9.17, 15) is 29.4 Å². The Morgan fingerprint density at radius 3 is 2.35 bits per heavy atom. The Kier molecular flexibility index (Phi) is 6.09. The highest BCUT2D eigenvalue weighted by atomic mass is 16.5. The van der Waals surface area contributed by atoms with Crippen LogP contribution in [0.4, 0.5) is 10.5 Å². The molecule has 4 amide bonds.